The predicted molar refractivity (Wildman–Crippen MR) is 113 cm³/mol. The Balaban J connectivity index is 1.34. The molecule has 0 aliphatic carbocycles. The van der Waals surface area contributed by atoms with E-state index in [0.29, 0.717) is 0 Å². The lowest BCUT2D eigenvalue weighted by Gasteiger charge is -2.07. The Kier molecular flexibility index (Phi) is 8.09. The van der Waals surface area contributed by atoms with Crippen LogP contribution >= 0.6 is 0 Å². The fraction of sp³-hybridized carbons (Fsp3) is 0.565. The topological polar surface area (TPSA) is 39.9 Å². The lowest BCUT2D eigenvalue weighted by molar-refractivity contribution is 0.125. The standard InChI is InChI=1S/C23H33N3O/c1-2-3-4-5-6-7-8-11-16-27-17-12-15-26-19-25-22-18-24-21-14-10-9-13-20(21)23(22)26/h9-10,13-14,18-19H,2-8,11-12,15-17H2,1H3. The number of aromatic nitrogens is 3. The van der Waals surface area contributed by atoms with Crippen molar-refractivity contribution in [1.29, 1.82) is 0 Å². The highest BCUT2D eigenvalue weighted by atomic mass is 16.5. The highest BCUT2D eigenvalue weighted by Crippen LogP contribution is 2.22. The van der Waals surface area contributed by atoms with Crippen molar-refractivity contribution < 1.29 is 4.74 Å². The van der Waals surface area contributed by atoms with E-state index in [2.05, 4.69) is 39.7 Å². The number of aryl methyl sites for hydroxylation is 1. The van der Waals surface area contributed by atoms with Gasteiger partial charge < -0.3 is 9.30 Å². The summed E-state index contributed by atoms with van der Waals surface area (Å²) in [5.74, 6) is 0. The Bertz CT molecular complexity index is 812. The summed E-state index contributed by atoms with van der Waals surface area (Å²) >= 11 is 0. The number of benzene rings is 1. The Labute approximate surface area is 163 Å². The van der Waals surface area contributed by atoms with Crippen molar-refractivity contribution in [3.05, 3.63) is 36.8 Å². The zero-order valence-electron chi connectivity index (χ0n) is 16.7. The van der Waals surface area contributed by atoms with Gasteiger partial charge in [0.1, 0.15) is 5.52 Å². The molecule has 0 aliphatic rings. The van der Waals surface area contributed by atoms with E-state index in [0.717, 1.165) is 37.2 Å². The van der Waals surface area contributed by atoms with Gasteiger partial charge in [0.15, 0.2) is 0 Å². The number of ether oxygens (including phenoxy) is 1. The molecule has 4 heteroatoms. The molecule has 3 rings (SSSR count). The van der Waals surface area contributed by atoms with Crippen molar-refractivity contribution >= 4 is 21.9 Å². The molecule has 0 radical (unpaired) electrons. The fourth-order valence-electron chi connectivity index (χ4n) is 3.65. The Morgan fingerprint density at radius 2 is 1.56 bits per heavy atom. The number of fused-ring (bicyclic) bond motifs is 3. The summed E-state index contributed by atoms with van der Waals surface area (Å²) in [5.41, 5.74) is 3.18. The van der Waals surface area contributed by atoms with Crippen LogP contribution in [0, 0.1) is 0 Å². The minimum Gasteiger partial charge on any atom is -0.381 e. The van der Waals surface area contributed by atoms with Crippen LogP contribution in [-0.2, 0) is 11.3 Å². The normalized spacial score (nSPS) is 11.6. The lowest BCUT2D eigenvalue weighted by atomic mass is 10.1. The van der Waals surface area contributed by atoms with Crippen molar-refractivity contribution in [3.63, 3.8) is 0 Å². The molecule has 146 valence electrons. The third-order valence-electron chi connectivity index (χ3n) is 5.18. The third-order valence-corrected chi connectivity index (χ3v) is 5.18. The Morgan fingerprint density at radius 3 is 2.41 bits per heavy atom. The van der Waals surface area contributed by atoms with Gasteiger partial charge in [-0.15, -0.1) is 0 Å². The van der Waals surface area contributed by atoms with Gasteiger partial charge in [0.2, 0.25) is 0 Å². The van der Waals surface area contributed by atoms with Gasteiger partial charge in [-0.25, -0.2) is 4.98 Å². The molecule has 0 amide bonds. The molecule has 0 unspecified atom stereocenters. The monoisotopic (exact) mass is 367 g/mol. The van der Waals surface area contributed by atoms with Gasteiger partial charge in [0, 0.05) is 25.1 Å². The molecule has 0 saturated carbocycles. The summed E-state index contributed by atoms with van der Waals surface area (Å²) in [7, 11) is 0. The van der Waals surface area contributed by atoms with Crippen molar-refractivity contribution in [2.45, 2.75) is 71.3 Å². The van der Waals surface area contributed by atoms with Crippen LogP contribution in [0.15, 0.2) is 36.8 Å². The van der Waals surface area contributed by atoms with Crippen LogP contribution < -0.4 is 0 Å². The molecule has 0 aliphatic heterocycles. The summed E-state index contributed by atoms with van der Waals surface area (Å²) in [6.45, 7) is 4.92. The highest BCUT2D eigenvalue weighted by molar-refractivity contribution is 6.01. The van der Waals surface area contributed by atoms with E-state index in [9.17, 15) is 0 Å². The predicted octanol–water partition coefficient (Wildman–Crippen LogP) is 6.13. The minimum absolute atomic E-state index is 0.819. The molecule has 2 heterocycles. The number of nitrogens with zero attached hydrogens (tertiary/aromatic N) is 3. The SMILES string of the molecule is CCCCCCCCCCOCCCn1cnc2cnc3ccccc3c21. The zero-order valence-corrected chi connectivity index (χ0v) is 16.7. The van der Waals surface area contributed by atoms with E-state index < -0.39 is 0 Å². The van der Waals surface area contributed by atoms with Gasteiger partial charge in [-0.05, 0) is 18.9 Å². The molecule has 4 nitrogen and oxygen atoms in total. The minimum atomic E-state index is 0.819. The summed E-state index contributed by atoms with van der Waals surface area (Å²) in [6, 6.07) is 8.27. The first-order valence-corrected chi connectivity index (χ1v) is 10.7. The van der Waals surface area contributed by atoms with Crippen LogP contribution in [0.25, 0.3) is 21.9 Å². The molecule has 1 aromatic carbocycles. The third kappa shape index (κ3) is 5.77. The molecule has 0 N–H and O–H groups in total. The second kappa shape index (κ2) is 11.0. The van der Waals surface area contributed by atoms with E-state index in [1.165, 1.54) is 62.3 Å². The van der Waals surface area contributed by atoms with Crippen LogP contribution in [0.2, 0.25) is 0 Å². The number of hydrogen-bond acceptors (Lipinski definition) is 3. The second-order valence-electron chi connectivity index (χ2n) is 7.39. The maximum atomic E-state index is 5.83. The molecule has 0 saturated heterocycles. The summed E-state index contributed by atoms with van der Waals surface area (Å²) in [4.78, 5) is 8.99. The van der Waals surface area contributed by atoms with Crippen LogP contribution in [0.4, 0.5) is 0 Å². The molecule has 0 spiro atoms. The molecule has 0 fully saturated rings. The smallest absolute Gasteiger partial charge is 0.107 e. The summed E-state index contributed by atoms with van der Waals surface area (Å²) < 4.78 is 8.07. The van der Waals surface area contributed by atoms with E-state index in [1.807, 2.05) is 18.6 Å². The van der Waals surface area contributed by atoms with Crippen LogP contribution in [0.3, 0.4) is 0 Å². The average molecular weight is 368 g/mol. The first kappa shape index (κ1) is 19.8. The number of unbranched alkanes of at least 4 members (excludes halogenated alkanes) is 7. The maximum absolute atomic E-state index is 5.83. The summed E-state index contributed by atoms with van der Waals surface area (Å²) in [6.07, 6.45) is 15.6. The molecular formula is C23H33N3O. The molecule has 0 atom stereocenters. The molecule has 3 aromatic rings. The fourth-order valence-corrected chi connectivity index (χ4v) is 3.65. The number of rotatable bonds is 13. The lowest BCUT2D eigenvalue weighted by Crippen LogP contribution is -2.03. The highest BCUT2D eigenvalue weighted by Gasteiger charge is 2.07. The second-order valence-corrected chi connectivity index (χ2v) is 7.39. The van der Waals surface area contributed by atoms with Crippen molar-refractivity contribution in [2.75, 3.05) is 13.2 Å². The molecule has 2 aromatic heterocycles. The van der Waals surface area contributed by atoms with Gasteiger partial charge in [-0.3, -0.25) is 4.98 Å². The van der Waals surface area contributed by atoms with Crippen LogP contribution in [0.5, 0.6) is 0 Å². The molecular weight excluding hydrogens is 334 g/mol. The van der Waals surface area contributed by atoms with E-state index in [-0.39, 0.29) is 0 Å². The quantitative estimate of drug-likeness (QED) is 0.341. The molecule has 27 heavy (non-hydrogen) atoms. The first-order valence-electron chi connectivity index (χ1n) is 10.7. The van der Waals surface area contributed by atoms with Crippen molar-refractivity contribution in [2.24, 2.45) is 0 Å². The first-order chi connectivity index (χ1) is 13.4. The Morgan fingerprint density at radius 1 is 0.815 bits per heavy atom. The maximum Gasteiger partial charge on any atom is 0.107 e. The van der Waals surface area contributed by atoms with Gasteiger partial charge in [0.05, 0.1) is 23.6 Å². The van der Waals surface area contributed by atoms with E-state index in [4.69, 9.17) is 4.74 Å². The van der Waals surface area contributed by atoms with Gasteiger partial charge in [-0.2, -0.15) is 0 Å². The number of imidazole rings is 1. The number of hydrogen-bond donors (Lipinski definition) is 0. The molecule has 0 bridgehead atoms. The Hall–Kier alpha value is -1.94. The van der Waals surface area contributed by atoms with Gasteiger partial charge in [-0.1, -0.05) is 70.1 Å². The van der Waals surface area contributed by atoms with Gasteiger partial charge >= 0.3 is 0 Å². The average Bonchev–Trinajstić information content (AvgIpc) is 3.12. The number of pyridine rings is 1. The van der Waals surface area contributed by atoms with Crippen LogP contribution in [0.1, 0.15) is 64.7 Å². The largest absolute Gasteiger partial charge is 0.381 e. The van der Waals surface area contributed by atoms with Crippen LogP contribution in [-0.4, -0.2) is 27.7 Å². The van der Waals surface area contributed by atoms with E-state index >= 15 is 0 Å². The summed E-state index contributed by atoms with van der Waals surface area (Å²) in [5, 5.41) is 1.17. The van der Waals surface area contributed by atoms with E-state index in [1.54, 1.807) is 0 Å². The van der Waals surface area contributed by atoms with Crippen molar-refractivity contribution in [3.8, 4) is 0 Å². The van der Waals surface area contributed by atoms with Crippen molar-refractivity contribution in [1.82, 2.24) is 14.5 Å². The number of para-hydroxylation sites is 1. The zero-order chi connectivity index (χ0) is 18.7. The van der Waals surface area contributed by atoms with Gasteiger partial charge in [0.25, 0.3) is 0 Å².